The fourth-order valence-electron chi connectivity index (χ4n) is 2.68. The summed E-state index contributed by atoms with van der Waals surface area (Å²) in [5, 5.41) is 9.29. The second-order valence-electron chi connectivity index (χ2n) is 5.37. The summed E-state index contributed by atoms with van der Waals surface area (Å²) < 4.78 is 31.4. The standard InChI is InChI=1S/C16H17F2NO2/c1-21-13-4-2-3-12(9-13)14(10-19)15(20)11-5-7-16(17,18)8-6-11/h2-4,9,11,14H,5-8H2,1H3. The van der Waals surface area contributed by atoms with Gasteiger partial charge in [0.25, 0.3) is 0 Å². The van der Waals surface area contributed by atoms with Crippen molar-refractivity contribution in [1.29, 1.82) is 5.26 Å². The average molecular weight is 293 g/mol. The van der Waals surface area contributed by atoms with Gasteiger partial charge in [0.15, 0.2) is 5.78 Å². The Kier molecular flexibility index (Phi) is 4.56. The highest BCUT2D eigenvalue weighted by atomic mass is 19.3. The van der Waals surface area contributed by atoms with Crippen molar-refractivity contribution in [3.05, 3.63) is 29.8 Å². The van der Waals surface area contributed by atoms with Gasteiger partial charge in [-0.15, -0.1) is 0 Å². The predicted molar refractivity (Wildman–Crippen MR) is 73.3 cm³/mol. The molecule has 1 fully saturated rings. The van der Waals surface area contributed by atoms with Gasteiger partial charge in [-0.05, 0) is 30.5 Å². The van der Waals surface area contributed by atoms with Gasteiger partial charge >= 0.3 is 0 Å². The third kappa shape index (κ3) is 3.57. The first-order chi connectivity index (χ1) is 9.96. The number of nitrogens with zero attached hydrogens (tertiary/aromatic N) is 1. The molecule has 0 radical (unpaired) electrons. The van der Waals surface area contributed by atoms with Gasteiger partial charge in [-0.2, -0.15) is 5.26 Å². The Balaban J connectivity index is 2.14. The van der Waals surface area contributed by atoms with Gasteiger partial charge in [-0.3, -0.25) is 4.79 Å². The van der Waals surface area contributed by atoms with Gasteiger partial charge in [-0.25, -0.2) is 8.78 Å². The van der Waals surface area contributed by atoms with Crippen LogP contribution in [0.4, 0.5) is 8.78 Å². The number of halogens is 2. The highest BCUT2D eigenvalue weighted by Crippen LogP contribution is 2.38. The van der Waals surface area contributed by atoms with E-state index in [-0.39, 0.29) is 31.5 Å². The number of benzene rings is 1. The summed E-state index contributed by atoms with van der Waals surface area (Å²) in [6, 6.07) is 8.76. The van der Waals surface area contributed by atoms with Crippen molar-refractivity contribution in [3.63, 3.8) is 0 Å². The smallest absolute Gasteiger partial charge is 0.248 e. The van der Waals surface area contributed by atoms with E-state index in [1.807, 2.05) is 6.07 Å². The molecule has 2 rings (SSSR count). The number of ketones is 1. The SMILES string of the molecule is COc1cccc(C(C#N)C(=O)C2CCC(F)(F)CC2)c1. The molecule has 0 amide bonds. The van der Waals surface area contributed by atoms with Crippen molar-refractivity contribution in [2.45, 2.75) is 37.5 Å². The van der Waals surface area contributed by atoms with Gasteiger partial charge in [0.05, 0.1) is 13.2 Å². The molecule has 0 spiro atoms. The van der Waals surface area contributed by atoms with Gasteiger partial charge in [0.2, 0.25) is 5.92 Å². The molecule has 0 bridgehead atoms. The lowest BCUT2D eigenvalue weighted by molar-refractivity contribution is -0.127. The molecule has 21 heavy (non-hydrogen) atoms. The first kappa shape index (κ1) is 15.4. The van der Waals surface area contributed by atoms with Crippen LogP contribution in [0.5, 0.6) is 5.75 Å². The van der Waals surface area contributed by atoms with Crippen molar-refractivity contribution < 1.29 is 18.3 Å². The van der Waals surface area contributed by atoms with Gasteiger partial charge in [0.1, 0.15) is 11.7 Å². The Morgan fingerprint density at radius 2 is 2.10 bits per heavy atom. The molecule has 0 saturated heterocycles. The van der Waals surface area contributed by atoms with E-state index in [1.165, 1.54) is 7.11 Å². The molecule has 112 valence electrons. The van der Waals surface area contributed by atoms with Crippen LogP contribution in [0.1, 0.15) is 37.2 Å². The number of alkyl halides is 2. The van der Waals surface area contributed by atoms with Gasteiger partial charge < -0.3 is 4.74 Å². The maximum Gasteiger partial charge on any atom is 0.248 e. The zero-order valence-electron chi connectivity index (χ0n) is 11.8. The van der Waals surface area contributed by atoms with Crippen LogP contribution in [0, 0.1) is 17.2 Å². The van der Waals surface area contributed by atoms with Gasteiger partial charge in [0, 0.05) is 18.8 Å². The van der Waals surface area contributed by atoms with Crippen LogP contribution in [0.15, 0.2) is 24.3 Å². The fraction of sp³-hybridized carbons (Fsp3) is 0.500. The van der Waals surface area contributed by atoms with Crippen LogP contribution in [-0.4, -0.2) is 18.8 Å². The summed E-state index contributed by atoms with van der Waals surface area (Å²) in [6.45, 7) is 0. The maximum absolute atomic E-state index is 13.2. The molecule has 0 aromatic heterocycles. The number of rotatable bonds is 4. The third-order valence-corrected chi connectivity index (χ3v) is 3.96. The van der Waals surface area contributed by atoms with E-state index in [0.29, 0.717) is 11.3 Å². The fourth-order valence-corrected chi connectivity index (χ4v) is 2.68. The van der Waals surface area contributed by atoms with Crippen molar-refractivity contribution in [1.82, 2.24) is 0 Å². The summed E-state index contributed by atoms with van der Waals surface area (Å²) in [7, 11) is 1.51. The minimum absolute atomic E-state index is 0.147. The molecule has 1 aromatic rings. The Labute approximate surface area is 122 Å². The van der Waals surface area contributed by atoms with Crippen LogP contribution >= 0.6 is 0 Å². The number of nitriles is 1. The van der Waals surface area contributed by atoms with E-state index >= 15 is 0 Å². The minimum atomic E-state index is -2.67. The van der Waals surface area contributed by atoms with E-state index in [4.69, 9.17) is 4.74 Å². The monoisotopic (exact) mass is 293 g/mol. The first-order valence-electron chi connectivity index (χ1n) is 6.92. The molecule has 1 saturated carbocycles. The zero-order chi connectivity index (χ0) is 15.5. The average Bonchev–Trinajstić information content (AvgIpc) is 2.48. The third-order valence-electron chi connectivity index (χ3n) is 3.96. The Bertz CT molecular complexity index is 556. The molecule has 1 aromatic carbocycles. The van der Waals surface area contributed by atoms with E-state index in [1.54, 1.807) is 24.3 Å². The van der Waals surface area contributed by atoms with Crippen LogP contribution in [-0.2, 0) is 4.79 Å². The van der Waals surface area contributed by atoms with Crippen LogP contribution < -0.4 is 4.74 Å². The molecule has 1 atom stereocenters. The van der Waals surface area contributed by atoms with E-state index in [9.17, 15) is 18.8 Å². The van der Waals surface area contributed by atoms with E-state index < -0.39 is 17.8 Å². The summed E-state index contributed by atoms with van der Waals surface area (Å²) in [4.78, 5) is 12.4. The molecule has 0 heterocycles. The summed E-state index contributed by atoms with van der Waals surface area (Å²) in [5.74, 6) is -3.75. The topological polar surface area (TPSA) is 50.1 Å². The molecule has 3 nitrogen and oxygen atoms in total. The van der Waals surface area contributed by atoms with Crippen molar-refractivity contribution in [2.24, 2.45) is 5.92 Å². The lowest BCUT2D eigenvalue weighted by Gasteiger charge is -2.28. The molecular formula is C16H17F2NO2. The summed E-state index contributed by atoms with van der Waals surface area (Å²) in [5.41, 5.74) is 0.555. The second kappa shape index (κ2) is 6.21. The van der Waals surface area contributed by atoms with Crippen molar-refractivity contribution >= 4 is 5.78 Å². The lowest BCUT2D eigenvalue weighted by atomic mass is 9.79. The van der Waals surface area contributed by atoms with Crippen LogP contribution in [0.2, 0.25) is 0 Å². The van der Waals surface area contributed by atoms with E-state index in [0.717, 1.165) is 0 Å². The normalized spacial score (nSPS) is 19.5. The Hall–Kier alpha value is -1.96. The quantitative estimate of drug-likeness (QED) is 0.850. The Morgan fingerprint density at radius 1 is 1.43 bits per heavy atom. The van der Waals surface area contributed by atoms with Crippen molar-refractivity contribution in [3.8, 4) is 11.8 Å². The number of hydrogen-bond acceptors (Lipinski definition) is 3. The maximum atomic E-state index is 13.2. The number of carbonyl (C=O) groups excluding carboxylic acids is 1. The number of Topliss-reactive ketones (excluding diaryl/α,β-unsaturated/α-hetero) is 1. The molecule has 1 aliphatic rings. The molecule has 1 unspecified atom stereocenters. The highest BCUT2D eigenvalue weighted by molar-refractivity contribution is 5.90. The van der Waals surface area contributed by atoms with Crippen LogP contribution in [0.25, 0.3) is 0 Å². The number of methoxy groups -OCH3 is 1. The minimum Gasteiger partial charge on any atom is -0.497 e. The molecule has 1 aliphatic carbocycles. The summed E-state index contributed by atoms with van der Waals surface area (Å²) >= 11 is 0. The van der Waals surface area contributed by atoms with Crippen LogP contribution in [0.3, 0.4) is 0 Å². The lowest BCUT2D eigenvalue weighted by Crippen LogP contribution is -2.31. The highest BCUT2D eigenvalue weighted by Gasteiger charge is 2.39. The number of carbonyl (C=O) groups is 1. The first-order valence-corrected chi connectivity index (χ1v) is 6.92. The van der Waals surface area contributed by atoms with Gasteiger partial charge in [-0.1, -0.05) is 12.1 Å². The number of hydrogen-bond donors (Lipinski definition) is 0. The number of ether oxygens (including phenoxy) is 1. The van der Waals surface area contributed by atoms with Crippen molar-refractivity contribution in [2.75, 3.05) is 7.11 Å². The summed E-state index contributed by atoms with van der Waals surface area (Å²) in [6.07, 6.45) is -0.263. The second-order valence-corrected chi connectivity index (χ2v) is 5.37. The zero-order valence-corrected chi connectivity index (χ0v) is 11.8. The Morgan fingerprint density at radius 3 is 2.67 bits per heavy atom. The predicted octanol–water partition coefficient (Wildman–Crippen LogP) is 3.70. The van der Waals surface area contributed by atoms with E-state index in [2.05, 4.69) is 0 Å². The molecule has 5 heteroatoms. The molecule has 0 aliphatic heterocycles. The largest absolute Gasteiger partial charge is 0.497 e. The molecule has 0 N–H and O–H groups in total. The molecular weight excluding hydrogens is 276 g/mol.